The molecule has 1 aromatic carbocycles. The lowest BCUT2D eigenvalue weighted by atomic mass is 9.97. The van der Waals surface area contributed by atoms with Crippen LogP contribution in [0.2, 0.25) is 0 Å². The number of hydrogen-bond acceptors (Lipinski definition) is 4. The average Bonchev–Trinajstić information content (AvgIpc) is 3.27. The first-order valence-electron chi connectivity index (χ1n) is 10.2. The molecule has 7 heteroatoms. The lowest BCUT2D eigenvalue weighted by molar-refractivity contribution is -0.125. The molecule has 1 aliphatic rings. The standard InChI is InChI=1S/C23H22BrN5O/c24-18-7-1-5-16(13-18)14-26-23(30)17-6-3-11-28(15-17)22-20-9-4-12-29(20)19-8-2-10-25-21(19)27-22/h1-2,4-5,7-10,12-13,17H,3,6,11,14-15H2,(H,26,30). The summed E-state index contributed by atoms with van der Waals surface area (Å²) in [6.45, 7) is 2.09. The Morgan fingerprint density at radius 3 is 2.97 bits per heavy atom. The van der Waals surface area contributed by atoms with E-state index < -0.39 is 0 Å². The van der Waals surface area contributed by atoms with Gasteiger partial charge < -0.3 is 14.6 Å². The van der Waals surface area contributed by atoms with Crippen LogP contribution in [0.4, 0.5) is 5.82 Å². The van der Waals surface area contributed by atoms with Gasteiger partial charge in [-0.15, -0.1) is 0 Å². The first-order chi connectivity index (χ1) is 14.7. The van der Waals surface area contributed by atoms with Crippen LogP contribution in [0.5, 0.6) is 0 Å². The van der Waals surface area contributed by atoms with Crippen LogP contribution in [0.1, 0.15) is 18.4 Å². The van der Waals surface area contributed by atoms with Crippen molar-refractivity contribution in [2.75, 3.05) is 18.0 Å². The molecule has 0 aliphatic carbocycles. The van der Waals surface area contributed by atoms with Gasteiger partial charge in [0.1, 0.15) is 0 Å². The van der Waals surface area contributed by atoms with Crippen molar-refractivity contribution in [3.63, 3.8) is 0 Å². The molecule has 1 unspecified atom stereocenters. The molecule has 1 fully saturated rings. The fraction of sp³-hybridized carbons (Fsp3) is 0.261. The van der Waals surface area contributed by atoms with Crippen LogP contribution in [-0.2, 0) is 11.3 Å². The first kappa shape index (κ1) is 19.1. The predicted octanol–water partition coefficient (Wildman–Crippen LogP) is 4.18. The van der Waals surface area contributed by atoms with Gasteiger partial charge in [0.05, 0.1) is 17.0 Å². The van der Waals surface area contributed by atoms with Crippen LogP contribution in [0, 0.1) is 5.92 Å². The SMILES string of the molecule is O=C(NCc1cccc(Br)c1)C1CCCN(c2nc3ncccc3n3cccc23)C1. The van der Waals surface area contributed by atoms with E-state index in [0.29, 0.717) is 13.1 Å². The van der Waals surface area contributed by atoms with Gasteiger partial charge in [0.25, 0.3) is 0 Å². The Balaban J connectivity index is 1.36. The number of benzene rings is 1. The van der Waals surface area contributed by atoms with Crippen molar-refractivity contribution in [1.29, 1.82) is 0 Å². The predicted molar refractivity (Wildman–Crippen MR) is 121 cm³/mol. The largest absolute Gasteiger partial charge is 0.354 e. The third-order valence-corrected chi connectivity index (χ3v) is 6.16. The molecule has 30 heavy (non-hydrogen) atoms. The summed E-state index contributed by atoms with van der Waals surface area (Å²) in [6.07, 6.45) is 5.66. The summed E-state index contributed by atoms with van der Waals surface area (Å²) in [7, 11) is 0. The van der Waals surface area contributed by atoms with E-state index in [0.717, 1.165) is 51.9 Å². The molecule has 0 spiro atoms. The number of fused-ring (bicyclic) bond motifs is 3. The molecule has 0 saturated carbocycles. The second-order valence-electron chi connectivity index (χ2n) is 7.68. The van der Waals surface area contributed by atoms with Gasteiger partial charge in [-0.3, -0.25) is 4.79 Å². The molecule has 1 saturated heterocycles. The molecule has 1 amide bonds. The molecule has 6 nitrogen and oxygen atoms in total. The highest BCUT2D eigenvalue weighted by Gasteiger charge is 2.28. The van der Waals surface area contributed by atoms with Crippen molar-refractivity contribution in [2.45, 2.75) is 19.4 Å². The Hall–Kier alpha value is -2.93. The van der Waals surface area contributed by atoms with Gasteiger partial charge >= 0.3 is 0 Å². The van der Waals surface area contributed by atoms with Gasteiger partial charge in [-0.05, 0) is 54.8 Å². The van der Waals surface area contributed by atoms with E-state index in [1.54, 1.807) is 6.20 Å². The number of piperidine rings is 1. The number of nitrogens with zero attached hydrogens (tertiary/aromatic N) is 4. The van der Waals surface area contributed by atoms with Crippen LogP contribution < -0.4 is 10.2 Å². The molecule has 1 atom stereocenters. The lowest BCUT2D eigenvalue weighted by Gasteiger charge is -2.33. The minimum absolute atomic E-state index is 0.0536. The quantitative estimate of drug-likeness (QED) is 0.493. The Morgan fingerprint density at radius 2 is 2.07 bits per heavy atom. The number of pyridine rings is 1. The number of nitrogens with one attached hydrogen (secondary N) is 1. The highest BCUT2D eigenvalue weighted by atomic mass is 79.9. The zero-order valence-electron chi connectivity index (χ0n) is 16.5. The highest BCUT2D eigenvalue weighted by molar-refractivity contribution is 9.10. The number of carbonyl (C=O) groups is 1. The normalized spacial score (nSPS) is 16.8. The van der Waals surface area contributed by atoms with E-state index in [9.17, 15) is 4.79 Å². The molecule has 1 N–H and O–H groups in total. The fourth-order valence-corrected chi connectivity index (χ4v) is 4.64. The fourth-order valence-electron chi connectivity index (χ4n) is 4.19. The topological polar surface area (TPSA) is 62.5 Å². The number of anilines is 1. The number of hydrogen-bond donors (Lipinski definition) is 1. The highest BCUT2D eigenvalue weighted by Crippen LogP contribution is 2.28. The van der Waals surface area contributed by atoms with Crippen LogP contribution in [0.15, 0.2) is 65.4 Å². The molecule has 152 valence electrons. The number of rotatable bonds is 4. The molecule has 4 heterocycles. The summed E-state index contributed by atoms with van der Waals surface area (Å²) in [6, 6.07) is 16.1. The van der Waals surface area contributed by atoms with E-state index in [1.807, 2.05) is 48.7 Å². The first-order valence-corrected chi connectivity index (χ1v) is 11.0. The summed E-state index contributed by atoms with van der Waals surface area (Å²) < 4.78 is 3.15. The van der Waals surface area contributed by atoms with Crippen LogP contribution in [-0.4, -0.2) is 33.4 Å². The van der Waals surface area contributed by atoms with Crippen molar-refractivity contribution in [1.82, 2.24) is 19.7 Å². The summed E-state index contributed by atoms with van der Waals surface area (Å²) >= 11 is 3.48. The Bertz CT molecular complexity index is 1220. The van der Waals surface area contributed by atoms with Gasteiger partial charge in [-0.1, -0.05) is 28.1 Å². The molecule has 0 bridgehead atoms. The van der Waals surface area contributed by atoms with E-state index in [2.05, 4.69) is 41.6 Å². The van der Waals surface area contributed by atoms with Crippen molar-refractivity contribution in [3.05, 3.63) is 71.0 Å². The molecule has 4 aromatic rings. The summed E-state index contributed by atoms with van der Waals surface area (Å²) in [5.41, 5.74) is 3.84. The molecule has 1 aliphatic heterocycles. The van der Waals surface area contributed by atoms with Crippen molar-refractivity contribution in [2.24, 2.45) is 5.92 Å². The average molecular weight is 464 g/mol. The van der Waals surface area contributed by atoms with Gasteiger partial charge in [0.2, 0.25) is 5.91 Å². The van der Waals surface area contributed by atoms with Gasteiger partial charge in [-0.25, -0.2) is 9.97 Å². The monoisotopic (exact) mass is 463 g/mol. The van der Waals surface area contributed by atoms with E-state index in [4.69, 9.17) is 4.98 Å². The van der Waals surface area contributed by atoms with E-state index in [-0.39, 0.29) is 11.8 Å². The molecular formula is C23H22BrN5O. The minimum Gasteiger partial charge on any atom is -0.354 e. The van der Waals surface area contributed by atoms with Crippen LogP contribution >= 0.6 is 15.9 Å². The lowest BCUT2D eigenvalue weighted by Crippen LogP contribution is -2.43. The Labute approximate surface area is 183 Å². The van der Waals surface area contributed by atoms with Crippen LogP contribution in [0.3, 0.4) is 0 Å². The van der Waals surface area contributed by atoms with Gasteiger partial charge in [-0.2, -0.15) is 0 Å². The van der Waals surface area contributed by atoms with Crippen molar-refractivity contribution >= 4 is 44.3 Å². The summed E-state index contributed by atoms with van der Waals surface area (Å²) in [4.78, 5) is 24.4. The van der Waals surface area contributed by atoms with Gasteiger partial charge in [0.15, 0.2) is 11.5 Å². The number of aromatic nitrogens is 3. The maximum Gasteiger partial charge on any atom is 0.225 e. The zero-order chi connectivity index (χ0) is 20.5. The van der Waals surface area contributed by atoms with Crippen molar-refractivity contribution in [3.8, 4) is 0 Å². The zero-order valence-corrected chi connectivity index (χ0v) is 18.0. The third kappa shape index (κ3) is 3.65. The molecule has 3 aromatic heterocycles. The van der Waals surface area contributed by atoms with Crippen LogP contribution in [0.25, 0.3) is 16.7 Å². The number of amides is 1. The third-order valence-electron chi connectivity index (χ3n) is 5.66. The minimum atomic E-state index is -0.0536. The molecule has 5 rings (SSSR count). The van der Waals surface area contributed by atoms with Gasteiger partial charge in [0, 0.05) is 36.5 Å². The Morgan fingerprint density at radius 1 is 1.17 bits per heavy atom. The van der Waals surface area contributed by atoms with E-state index >= 15 is 0 Å². The Kier molecular flexibility index (Phi) is 5.12. The summed E-state index contributed by atoms with van der Waals surface area (Å²) in [5, 5.41) is 3.11. The second-order valence-corrected chi connectivity index (χ2v) is 8.59. The second kappa shape index (κ2) is 8.07. The number of carbonyl (C=O) groups excluding carboxylic acids is 1. The van der Waals surface area contributed by atoms with Crippen molar-refractivity contribution < 1.29 is 4.79 Å². The smallest absolute Gasteiger partial charge is 0.225 e. The number of halogens is 1. The maximum atomic E-state index is 12.9. The van der Waals surface area contributed by atoms with E-state index in [1.165, 1.54) is 0 Å². The molecular weight excluding hydrogens is 442 g/mol. The maximum absolute atomic E-state index is 12.9. The molecule has 0 radical (unpaired) electrons. The summed E-state index contributed by atoms with van der Waals surface area (Å²) in [5.74, 6) is 0.947.